The Morgan fingerprint density at radius 2 is 1.90 bits per heavy atom. The number of hydrogen-bond acceptors (Lipinski definition) is 4. The van der Waals surface area contributed by atoms with Gasteiger partial charge in [-0.1, -0.05) is 29.8 Å². The molecule has 3 rings (SSSR count). The smallest absolute Gasteiger partial charge is 0.348 e. The van der Waals surface area contributed by atoms with Crippen LogP contribution in [0.25, 0.3) is 22.0 Å². The lowest BCUT2D eigenvalue weighted by Crippen LogP contribution is -1.95. The summed E-state index contributed by atoms with van der Waals surface area (Å²) in [6.45, 7) is 0. The Morgan fingerprint density at radius 3 is 2.52 bits per heavy atom. The summed E-state index contributed by atoms with van der Waals surface area (Å²) in [5.74, 6) is -1.00. The van der Waals surface area contributed by atoms with Crippen LogP contribution in [-0.2, 0) is 0 Å². The third kappa shape index (κ3) is 2.79. The molecular weight excluding hydrogens is 308 g/mol. The fourth-order valence-corrected chi connectivity index (χ4v) is 2.90. The number of thiazole rings is 1. The summed E-state index contributed by atoms with van der Waals surface area (Å²) in [5.41, 5.74) is 1.81. The van der Waals surface area contributed by atoms with Crippen LogP contribution in [0.1, 0.15) is 9.67 Å². The van der Waals surface area contributed by atoms with Crippen LogP contribution < -0.4 is 0 Å². The van der Waals surface area contributed by atoms with Crippen molar-refractivity contribution < 1.29 is 9.90 Å². The Labute approximate surface area is 129 Å². The zero-order valence-electron chi connectivity index (χ0n) is 10.7. The van der Waals surface area contributed by atoms with Crippen molar-refractivity contribution in [3.05, 3.63) is 58.6 Å². The van der Waals surface area contributed by atoms with Gasteiger partial charge in [-0.3, -0.25) is 4.98 Å². The number of carbonyl (C=O) groups is 1. The van der Waals surface area contributed by atoms with E-state index in [1.807, 2.05) is 6.07 Å². The topological polar surface area (TPSA) is 63.1 Å². The molecule has 0 saturated carbocycles. The molecule has 0 saturated heterocycles. The number of halogens is 1. The second-order valence-corrected chi connectivity index (χ2v) is 5.66. The fourth-order valence-electron chi connectivity index (χ4n) is 1.87. The highest BCUT2D eigenvalue weighted by atomic mass is 35.5. The summed E-state index contributed by atoms with van der Waals surface area (Å²) in [6, 6.07) is 12.4. The van der Waals surface area contributed by atoms with Crippen LogP contribution >= 0.6 is 22.9 Å². The van der Waals surface area contributed by atoms with Gasteiger partial charge in [0.05, 0.1) is 11.4 Å². The van der Waals surface area contributed by atoms with Gasteiger partial charge < -0.3 is 5.11 Å². The number of nitrogens with zero attached hydrogens (tertiary/aromatic N) is 2. The minimum atomic E-state index is -1.00. The lowest BCUT2D eigenvalue weighted by molar-refractivity contribution is 0.0702. The van der Waals surface area contributed by atoms with E-state index in [0.717, 1.165) is 16.9 Å². The first-order valence-electron chi connectivity index (χ1n) is 6.06. The van der Waals surface area contributed by atoms with E-state index < -0.39 is 5.97 Å². The van der Waals surface area contributed by atoms with Crippen molar-refractivity contribution >= 4 is 28.9 Å². The number of hydrogen-bond donors (Lipinski definition) is 1. The second kappa shape index (κ2) is 5.63. The molecule has 4 nitrogen and oxygen atoms in total. The lowest BCUT2D eigenvalue weighted by Gasteiger charge is -1.99. The summed E-state index contributed by atoms with van der Waals surface area (Å²) >= 11 is 6.97. The molecule has 1 N–H and O–H groups in total. The van der Waals surface area contributed by atoms with Crippen molar-refractivity contribution in [1.82, 2.24) is 9.97 Å². The molecule has 0 aliphatic heterocycles. The molecule has 6 heteroatoms. The molecule has 0 amide bonds. The Balaban J connectivity index is 2.14. The molecule has 0 fully saturated rings. The SMILES string of the molecule is O=C(O)c1sc(-c2ccccn2)nc1-c1ccc(Cl)cc1. The van der Waals surface area contributed by atoms with E-state index in [0.29, 0.717) is 21.4 Å². The number of aromatic nitrogens is 2. The first-order chi connectivity index (χ1) is 10.1. The van der Waals surface area contributed by atoms with Crippen molar-refractivity contribution in [3.8, 4) is 22.0 Å². The number of rotatable bonds is 3. The van der Waals surface area contributed by atoms with E-state index in [4.69, 9.17) is 11.6 Å². The Kier molecular flexibility index (Phi) is 3.68. The average Bonchev–Trinajstić information content (AvgIpc) is 2.94. The molecular formula is C15H9ClN2O2S. The highest BCUT2D eigenvalue weighted by molar-refractivity contribution is 7.17. The van der Waals surface area contributed by atoms with Gasteiger partial charge in [0, 0.05) is 16.8 Å². The maximum Gasteiger partial charge on any atom is 0.348 e. The molecule has 0 radical (unpaired) electrons. The van der Waals surface area contributed by atoms with Crippen molar-refractivity contribution in [2.45, 2.75) is 0 Å². The van der Waals surface area contributed by atoms with Gasteiger partial charge in [0.2, 0.25) is 0 Å². The Hall–Kier alpha value is -2.24. The molecule has 0 unspecified atom stereocenters. The van der Waals surface area contributed by atoms with E-state index in [9.17, 15) is 9.90 Å². The highest BCUT2D eigenvalue weighted by Gasteiger charge is 2.19. The quantitative estimate of drug-likeness (QED) is 0.785. The zero-order valence-corrected chi connectivity index (χ0v) is 12.2. The minimum absolute atomic E-state index is 0.193. The van der Waals surface area contributed by atoms with Gasteiger partial charge in [-0.2, -0.15) is 0 Å². The van der Waals surface area contributed by atoms with Gasteiger partial charge in [0.25, 0.3) is 0 Å². The summed E-state index contributed by atoms with van der Waals surface area (Å²) in [6.07, 6.45) is 1.65. The van der Waals surface area contributed by atoms with Crippen LogP contribution in [-0.4, -0.2) is 21.0 Å². The van der Waals surface area contributed by atoms with Crippen LogP contribution in [0.4, 0.5) is 0 Å². The van der Waals surface area contributed by atoms with Gasteiger partial charge in [-0.15, -0.1) is 11.3 Å². The first kappa shape index (κ1) is 13.7. The zero-order chi connectivity index (χ0) is 14.8. The summed E-state index contributed by atoms with van der Waals surface area (Å²) in [5, 5.41) is 10.5. The van der Waals surface area contributed by atoms with E-state index in [1.54, 1.807) is 42.6 Å². The predicted octanol–water partition coefficient (Wildman–Crippen LogP) is 4.22. The van der Waals surface area contributed by atoms with Crippen LogP contribution in [0, 0.1) is 0 Å². The van der Waals surface area contributed by atoms with E-state index >= 15 is 0 Å². The summed E-state index contributed by atoms with van der Waals surface area (Å²) in [7, 11) is 0. The largest absolute Gasteiger partial charge is 0.477 e. The molecule has 0 bridgehead atoms. The van der Waals surface area contributed by atoms with Gasteiger partial charge >= 0.3 is 5.97 Å². The predicted molar refractivity (Wildman–Crippen MR) is 82.8 cm³/mol. The van der Waals surface area contributed by atoms with Crippen molar-refractivity contribution in [2.75, 3.05) is 0 Å². The second-order valence-electron chi connectivity index (χ2n) is 4.22. The molecule has 3 aromatic rings. The van der Waals surface area contributed by atoms with Crippen molar-refractivity contribution in [1.29, 1.82) is 0 Å². The lowest BCUT2D eigenvalue weighted by atomic mass is 10.1. The first-order valence-corrected chi connectivity index (χ1v) is 7.26. The standard InChI is InChI=1S/C15H9ClN2O2S/c16-10-6-4-9(5-7-10)12-13(15(19)20)21-14(18-12)11-3-1-2-8-17-11/h1-8H,(H,19,20). The Morgan fingerprint density at radius 1 is 1.14 bits per heavy atom. The molecule has 0 aliphatic rings. The molecule has 0 atom stereocenters. The van der Waals surface area contributed by atoms with Gasteiger partial charge in [-0.25, -0.2) is 9.78 Å². The van der Waals surface area contributed by atoms with Gasteiger partial charge in [0.15, 0.2) is 0 Å². The summed E-state index contributed by atoms with van der Waals surface area (Å²) < 4.78 is 0. The fraction of sp³-hybridized carbons (Fsp3) is 0. The maximum atomic E-state index is 11.4. The Bertz CT molecular complexity index is 785. The average molecular weight is 317 g/mol. The van der Waals surface area contributed by atoms with Crippen LogP contribution in [0.5, 0.6) is 0 Å². The number of carboxylic acid groups (broad SMARTS) is 1. The van der Waals surface area contributed by atoms with Crippen molar-refractivity contribution in [2.24, 2.45) is 0 Å². The van der Waals surface area contributed by atoms with E-state index in [2.05, 4.69) is 9.97 Å². The molecule has 2 aromatic heterocycles. The molecule has 21 heavy (non-hydrogen) atoms. The molecule has 0 spiro atoms. The monoisotopic (exact) mass is 316 g/mol. The number of pyridine rings is 1. The number of benzene rings is 1. The van der Waals surface area contributed by atoms with Crippen molar-refractivity contribution in [3.63, 3.8) is 0 Å². The highest BCUT2D eigenvalue weighted by Crippen LogP contribution is 2.33. The van der Waals surface area contributed by atoms with Crippen LogP contribution in [0.15, 0.2) is 48.7 Å². The number of aromatic carboxylic acids is 1. The minimum Gasteiger partial charge on any atom is -0.477 e. The molecule has 1 aromatic carbocycles. The third-order valence-electron chi connectivity index (χ3n) is 2.82. The number of carboxylic acids is 1. The maximum absolute atomic E-state index is 11.4. The van der Waals surface area contributed by atoms with E-state index in [-0.39, 0.29) is 4.88 Å². The normalized spacial score (nSPS) is 10.5. The van der Waals surface area contributed by atoms with Gasteiger partial charge in [-0.05, 0) is 24.3 Å². The molecule has 2 heterocycles. The summed E-state index contributed by atoms with van der Waals surface area (Å²) in [4.78, 5) is 20.3. The molecule has 0 aliphatic carbocycles. The van der Waals surface area contributed by atoms with E-state index in [1.165, 1.54) is 0 Å². The van der Waals surface area contributed by atoms with Crippen LogP contribution in [0.3, 0.4) is 0 Å². The van der Waals surface area contributed by atoms with Gasteiger partial charge in [0.1, 0.15) is 9.88 Å². The van der Waals surface area contributed by atoms with Crippen LogP contribution in [0.2, 0.25) is 5.02 Å². The third-order valence-corrected chi connectivity index (χ3v) is 4.14. The molecule has 104 valence electrons.